The molecule has 0 radical (unpaired) electrons. The molecule has 2 aliphatic rings. The Morgan fingerprint density at radius 2 is 1.93 bits per heavy atom. The lowest BCUT2D eigenvalue weighted by molar-refractivity contribution is -0.432. The number of fused-ring (bicyclic) bond motifs is 1. The Morgan fingerprint density at radius 3 is 2.29 bits per heavy atom. The van der Waals surface area contributed by atoms with Gasteiger partial charge in [0.1, 0.15) is 0 Å². The molecule has 2 rings (SSSR count). The number of sulfone groups is 1. The number of carboxylic acid groups (broad SMARTS) is 2. The summed E-state index contributed by atoms with van der Waals surface area (Å²) in [6.45, 7) is 0. The van der Waals surface area contributed by atoms with Crippen LogP contribution >= 0.6 is 23.8 Å². The standard InChI is InChI=1S/C12H18N2O7S2.CH4O3S/c1-22-3-2-5(13)9(15)14-12(11(18)19)4-23(20,21)8-6(7(8)12)10(16)17;1-5-4-3-2/h5-8H,2-4,13H2,1H3,(H,14,15)(H,16,17)(H,18,19);2H,1H3/t5-,6+,7+,8-,12-;/m0./s1. The van der Waals surface area contributed by atoms with Crippen molar-refractivity contribution in [2.24, 2.45) is 17.6 Å². The average Bonchev–Trinajstić information content (AvgIpc) is 3.32. The van der Waals surface area contributed by atoms with Crippen molar-refractivity contribution in [2.75, 3.05) is 24.0 Å². The number of carbonyl (C=O) groups is 3. The molecule has 0 aromatic carbocycles. The van der Waals surface area contributed by atoms with Crippen molar-refractivity contribution in [1.82, 2.24) is 5.32 Å². The zero-order valence-corrected chi connectivity index (χ0v) is 17.4. The molecule has 2 fully saturated rings. The number of carboxylic acids is 2. The lowest BCUT2D eigenvalue weighted by atomic mass is 9.93. The van der Waals surface area contributed by atoms with Crippen LogP contribution in [-0.4, -0.2) is 82.6 Å². The molecule has 0 aromatic rings. The zero-order valence-electron chi connectivity index (χ0n) is 14.9. The molecular weight excluding hydrogens is 440 g/mol. The van der Waals surface area contributed by atoms with E-state index in [2.05, 4.69) is 14.7 Å². The molecule has 15 heteroatoms. The second-order valence-corrected chi connectivity index (χ2v) is 9.74. The van der Waals surface area contributed by atoms with Gasteiger partial charge in [0.05, 0.1) is 23.0 Å². The molecule has 0 bridgehead atoms. The Kier molecular flexibility index (Phi) is 8.98. The molecule has 0 aromatic heterocycles. The van der Waals surface area contributed by atoms with Gasteiger partial charge in [-0.05, 0) is 18.4 Å². The Morgan fingerprint density at radius 1 is 1.32 bits per heavy atom. The maximum Gasteiger partial charge on any atom is 0.330 e. The summed E-state index contributed by atoms with van der Waals surface area (Å²) in [5.41, 5.74) is 3.55. The van der Waals surface area contributed by atoms with Gasteiger partial charge in [-0.3, -0.25) is 9.59 Å². The Hall–Kier alpha value is -1.10. The first kappa shape index (κ1) is 24.9. The van der Waals surface area contributed by atoms with Crippen LogP contribution in [0.5, 0.6) is 0 Å². The predicted octanol–water partition coefficient (Wildman–Crippen LogP) is -1.18. The molecule has 1 aliphatic carbocycles. The van der Waals surface area contributed by atoms with Crippen LogP contribution in [0.4, 0.5) is 0 Å². The van der Waals surface area contributed by atoms with Crippen LogP contribution in [0, 0.1) is 11.8 Å². The predicted molar refractivity (Wildman–Crippen MR) is 100.0 cm³/mol. The van der Waals surface area contributed by atoms with E-state index < -0.39 is 62.1 Å². The summed E-state index contributed by atoms with van der Waals surface area (Å²) in [5, 5.41) is 30.0. The number of aliphatic carboxylic acids is 2. The summed E-state index contributed by atoms with van der Waals surface area (Å²) >= 11 is 2.39. The molecule has 162 valence electrons. The number of thioether (sulfide) groups is 1. The number of nitrogens with two attached hydrogens (primary N) is 1. The van der Waals surface area contributed by atoms with E-state index in [9.17, 15) is 27.9 Å². The van der Waals surface area contributed by atoms with E-state index in [4.69, 9.17) is 16.1 Å². The third-order valence-corrected chi connectivity index (χ3v) is 7.56. The first-order valence-corrected chi connectivity index (χ1v) is 12.0. The van der Waals surface area contributed by atoms with Crippen LogP contribution in [0.25, 0.3) is 0 Å². The van der Waals surface area contributed by atoms with Crippen molar-refractivity contribution in [3.8, 4) is 0 Å². The van der Waals surface area contributed by atoms with Crippen LogP contribution in [0.15, 0.2) is 0 Å². The largest absolute Gasteiger partial charge is 0.481 e. The lowest BCUT2D eigenvalue weighted by Crippen LogP contribution is -2.61. The van der Waals surface area contributed by atoms with E-state index in [1.165, 1.54) is 11.8 Å². The smallest absolute Gasteiger partial charge is 0.330 e. The summed E-state index contributed by atoms with van der Waals surface area (Å²) in [5.74, 6) is -6.43. The Labute approximate surface area is 169 Å². The van der Waals surface area contributed by atoms with E-state index in [0.717, 1.165) is 12.0 Å². The van der Waals surface area contributed by atoms with Crippen molar-refractivity contribution < 1.29 is 47.6 Å². The Balaban J connectivity index is 0.000000696. The normalized spacial score (nSPS) is 30.4. The number of hydrogen-bond acceptors (Lipinski definition) is 11. The van der Waals surface area contributed by atoms with Gasteiger partial charge in [-0.15, -0.1) is 4.33 Å². The van der Waals surface area contributed by atoms with E-state index >= 15 is 0 Å². The van der Waals surface area contributed by atoms with Crippen molar-refractivity contribution in [3.05, 3.63) is 0 Å². The van der Waals surface area contributed by atoms with E-state index in [1.807, 2.05) is 6.26 Å². The highest BCUT2D eigenvalue weighted by Gasteiger charge is 2.79. The molecule has 1 saturated heterocycles. The highest BCUT2D eigenvalue weighted by atomic mass is 32.2. The minimum atomic E-state index is -3.91. The molecule has 6 N–H and O–H groups in total. The summed E-state index contributed by atoms with van der Waals surface area (Å²) in [7, 11) is -3.91. The van der Waals surface area contributed by atoms with Gasteiger partial charge in [-0.2, -0.15) is 11.8 Å². The van der Waals surface area contributed by atoms with Crippen LogP contribution < -0.4 is 11.1 Å². The third-order valence-electron chi connectivity index (χ3n) is 4.45. The molecular formula is C13H22N2O10S3. The first-order valence-electron chi connectivity index (χ1n) is 7.75. The highest BCUT2D eigenvalue weighted by molar-refractivity contribution is 7.98. The quantitative estimate of drug-likeness (QED) is 0.156. The summed E-state index contributed by atoms with van der Waals surface area (Å²) in [6, 6.07) is -0.984. The van der Waals surface area contributed by atoms with E-state index in [-0.39, 0.29) is 0 Å². The number of nitrogens with one attached hydrogen (secondary N) is 1. The number of amides is 1. The summed E-state index contributed by atoms with van der Waals surface area (Å²) in [6.07, 6.45) is 3.74. The van der Waals surface area contributed by atoms with Gasteiger partial charge in [0, 0.05) is 24.2 Å². The molecule has 1 saturated carbocycles. The molecule has 0 unspecified atom stereocenters. The van der Waals surface area contributed by atoms with Crippen molar-refractivity contribution >= 4 is 51.5 Å². The van der Waals surface area contributed by atoms with Gasteiger partial charge in [0.25, 0.3) is 0 Å². The maximum absolute atomic E-state index is 12.1. The molecule has 1 heterocycles. The topological polar surface area (TPSA) is 203 Å². The molecule has 28 heavy (non-hydrogen) atoms. The van der Waals surface area contributed by atoms with Gasteiger partial charge < -0.3 is 21.3 Å². The van der Waals surface area contributed by atoms with Crippen molar-refractivity contribution in [3.63, 3.8) is 0 Å². The van der Waals surface area contributed by atoms with E-state index in [1.54, 1.807) is 6.26 Å². The summed E-state index contributed by atoms with van der Waals surface area (Å²) in [4.78, 5) is 34.9. The van der Waals surface area contributed by atoms with Crippen LogP contribution in [0.2, 0.25) is 0 Å². The average molecular weight is 463 g/mol. The minimum Gasteiger partial charge on any atom is -0.481 e. The number of rotatable bonds is 9. The van der Waals surface area contributed by atoms with Crippen LogP contribution in [-0.2, 0) is 33.6 Å². The maximum atomic E-state index is 12.1. The van der Waals surface area contributed by atoms with Crippen molar-refractivity contribution in [1.29, 1.82) is 0 Å². The Bertz CT molecular complexity index is 701. The molecule has 5 atom stereocenters. The van der Waals surface area contributed by atoms with Crippen LogP contribution in [0.1, 0.15) is 6.42 Å². The van der Waals surface area contributed by atoms with E-state index in [0.29, 0.717) is 12.2 Å². The molecule has 12 nitrogen and oxygen atoms in total. The SMILES string of the molecule is CSCC[C@H](N)C(=O)N[C@@]1(C(=O)O)CS(=O)(=O)[C@H]2[C@H](C(=O)O)[C@H]21.CSOOO. The van der Waals surface area contributed by atoms with Crippen LogP contribution in [0.3, 0.4) is 0 Å². The second-order valence-electron chi connectivity index (χ2n) is 6.12. The zero-order chi connectivity index (χ0) is 21.7. The fourth-order valence-electron chi connectivity index (χ4n) is 3.22. The fraction of sp³-hybridized carbons (Fsp3) is 0.769. The number of hydrogen-bond donors (Lipinski definition) is 5. The molecule has 1 aliphatic heterocycles. The first-order chi connectivity index (χ1) is 13.0. The number of carbonyl (C=O) groups excluding carboxylic acids is 1. The highest BCUT2D eigenvalue weighted by Crippen LogP contribution is 2.57. The van der Waals surface area contributed by atoms with Gasteiger partial charge >= 0.3 is 11.9 Å². The summed E-state index contributed by atoms with van der Waals surface area (Å²) < 4.78 is 27.9. The lowest BCUT2D eigenvalue weighted by Gasteiger charge is -2.28. The third kappa shape index (κ3) is 5.28. The molecule has 1 amide bonds. The monoisotopic (exact) mass is 462 g/mol. The molecule has 0 spiro atoms. The van der Waals surface area contributed by atoms with Gasteiger partial charge in [-0.25, -0.2) is 18.5 Å². The van der Waals surface area contributed by atoms with Gasteiger partial charge in [0.15, 0.2) is 15.4 Å². The van der Waals surface area contributed by atoms with Gasteiger partial charge in [-0.1, -0.05) is 5.04 Å². The van der Waals surface area contributed by atoms with Gasteiger partial charge in [0.2, 0.25) is 5.91 Å². The minimum absolute atomic E-state index is 0.298. The fourth-order valence-corrected chi connectivity index (χ4v) is 6.47. The van der Waals surface area contributed by atoms with Crippen molar-refractivity contribution in [2.45, 2.75) is 23.3 Å². The second kappa shape index (κ2) is 10.1.